The van der Waals surface area contributed by atoms with Crippen LogP contribution in [0.25, 0.3) is 0 Å². The molecule has 7 nitrogen and oxygen atoms in total. The smallest absolute Gasteiger partial charge is 0.334 e. The van der Waals surface area contributed by atoms with Crippen LogP contribution in [-0.2, 0) is 33.3 Å². The molecule has 0 aromatic rings. The van der Waals surface area contributed by atoms with Gasteiger partial charge in [-0.05, 0) is 24.3 Å². The van der Waals surface area contributed by atoms with Gasteiger partial charge in [0, 0.05) is 30.3 Å². The first-order valence-corrected chi connectivity index (χ1v) is 10.8. The Morgan fingerprint density at radius 3 is 2.66 bits per heavy atom. The molecule has 2 spiro atoms. The largest absolute Gasteiger partial charge is 0.458 e. The van der Waals surface area contributed by atoms with Crippen LogP contribution in [0.15, 0.2) is 11.1 Å². The number of fused-ring (bicyclic) bond motifs is 2. The molecule has 0 aromatic heterocycles. The van der Waals surface area contributed by atoms with E-state index in [0.29, 0.717) is 13.0 Å². The standard InChI is InChI=1S/C22H26O7/c1-9(2)21-15(28-21)16-22(29-16)19(4)6-5-11-12(8-25-17(11)24)14(19)13-7-20(22,27-13)18(21)26-10(3)23/h9,13-16,18H,5-8H2,1-4H3/t13?,14-,15+,16+,18+,19+,20-,21+,22-/m1/s1. The van der Waals surface area contributed by atoms with Gasteiger partial charge in [0.05, 0.1) is 6.10 Å². The molecule has 9 atom stereocenters. The lowest BCUT2D eigenvalue weighted by Crippen LogP contribution is -2.84. The van der Waals surface area contributed by atoms with Gasteiger partial charge in [-0.3, -0.25) is 4.79 Å². The number of carbonyl (C=O) groups excluding carboxylic acids is 2. The lowest BCUT2D eigenvalue weighted by atomic mass is 9.42. The molecule has 0 N–H and O–H groups in total. The second-order valence-electron chi connectivity index (χ2n) is 10.5. The van der Waals surface area contributed by atoms with Crippen LogP contribution in [0.4, 0.5) is 0 Å². The maximum absolute atomic E-state index is 12.2. The average molecular weight is 402 g/mol. The van der Waals surface area contributed by atoms with Crippen molar-refractivity contribution in [3.8, 4) is 0 Å². The fourth-order valence-corrected chi connectivity index (χ4v) is 8.22. The van der Waals surface area contributed by atoms with Crippen LogP contribution in [-0.4, -0.2) is 59.8 Å². The van der Waals surface area contributed by atoms with Crippen LogP contribution < -0.4 is 0 Å². The third kappa shape index (κ3) is 1.49. The van der Waals surface area contributed by atoms with Crippen LogP contribution in [0.5, 0.6) is 0 Å². The zero-order chi connectivity index (χ0) is 20.1. The average Bonchev–Trinajstić information content (AvgIpc) is 3.49. The van der Waals surface area contributed by atoms with Gasteiger partial charge in [-0.15, -0.1) is 0 Å². The number of carbonyl (C=O) groups is 2. The Bertz CT molecular complexity index is 916. The first-order valence-electron chi connectivity index (χ1n) is 10.8. The van der Waals surface area contributed by atoms with Gasteiger partial charge in [0.2, 0.25) is 0 Å². The minimum atomic E-state index is -0.669. The van der Waals surface area contributed by atoms with Crippen LogP contribution in [0, 0.1) is 17.3 Å². The summed E-state index contributed by atoms with van der Waals surface area (Å²) >= 11 is 0. The van der Waals surface area contributed by atoms with Crippen LogP contribution >= 0.6 is 0 Å². The molecule has 2 saturated carbocycles. The van der Waals surface area contributed by atoms with E-state index in [4.69, 9.17) is 23.7 Å². The Hall–Kier alpha value is -1.44. The molecule has 0 radical (unpaired) electrons. The Balaban J connectivity index is 1.39. The molecule has 1 unspecified atom stereocenters. The summed E-state index contributed by atoms with van der Waals surface area (Å²) in [6, 6.07) is 0. The second-order valence-corrected chi connectivity index (χ2v) is 10.5. The van der Waals surface area contributed by atoms with E-state index in [1.165, 1.54) is 6.92 Å². The molecular weight excluding hydrogens is 376 g/mol. The van der Waals surface area contributed by atoms with Crippen LogP contribution in [0.3, 0.4) is 0 Å². The first kappa shape index (κ1) is 17.3. The topological polar surface area (TPSA) is 86.9 Å². The highest BCUT2D eigenvalue weighted by Gasteiger charge is 2.98. The highest BCUT2D eigenvalue weighted by atomic mass is 16.7. The molecule has 8 rings (SSSR count). The lowest BCUT2D eigenvalue weighted by molar-refractivity contribution is -0.367. The van der Waals surface area contributed by atoms with Crippen molar-refractivity contribution in [3.63, 3.8) is 0 Å². The highest BCUT2D eigenvalue weighted by Crippen LogP contribution is 2.82. The Kier molecular flexibility index (Phi) is 2.73. The number of hydrogen-bond donors (Lipinski definition) is 0. The molecule has 5 heterocycles. The minimum Gasteiger partial charge on any atom is -0.458 e. The SMILES string of the molecule is CC(=O)O[C@@H]1[C@@]2(C(C)C)O[C@H]2[C@@H]2O[C@@]23[C@@]2(C)CCC4=C(COC4=O)[C@@H]2C2C[C@@]13O2. The van der Waals surface area contributed by atoms with Crippen molar-refractivity contribution in [2.24, 2.45) is 17.3 Å². The van der Waals surface area contributed by atoms with Gasteiger partial charge in [-0.1, -0.05) is 20.8 Å². The van der Waals surface area contributed by atoms with E-state index in [1.54, 1.807) is 0 Å². The summed E-state index contributed by atoms with van der Waals surface area (Å²) in [4.78, 5) is 24.3. The number of rotatable bonds is 2. The quantitative estimate of drug-likeness (QED) is 0.513. The molecule has 4 saturated heterocycles. The predicted molar refractivity (Wildman–Crippen MR) is 96.6 cm³/mol. The van der Waals surface area contributed by atoms with Gasteiger partial charge < -0.3 is 23.7 Å². The normalized spacial score (nSPS) is 57.6. The molecule has 6 fully saturated rings. The van der Waals surface area contributed by atoms with Gasteiger partial charge >= 0.3 is 11.9 Å². The van der Waals surface area contributed by atoms with E-state index in [-0.39, 0.29) is 47.5 Å². The van der Waals surface area contributed by atoms with Crippen molar-refractivity contribution in [1.29, 1.82) is 0 Å². The van der Waals surface area contributed by atoms with E-state index in [0.717, 1.165) is 24.0 Å². The Labute approximate surface area is 169 Å². The predicted octanol–water partition coefficient (Wildman–Crippen LogP) is 1.67. The number of ether oxygens (including phenoxy) is 5. The zero-order valence-electron chi connectivity index (χ0n) is 17.2. The maximum Gasteiger partial charge on any atom is 0.334 e. The van der Waals surface area contributed by atoms with Crippen molar-refractivity contribution in [1.82, 2.24) is 0 Å². The van der Waals surface area contributed by atoms with Crippen LogP contribution in [0.1, 0.15) is 47.0 Å². The van der Waals surface area contributed by atoms with Crippen molar-refractivity contribution in [3.05, 3.63) is 11.1 Å². The fourth-order valence-electron chi connectivity index (χ4n) is 8.22. The summed E-state index contributed by atoms with van der Waals surface area (Å²) in [6.07, 6.45) is 1.71. The van der Waals surface area contributed by atoms with Crippen LogP contribution in [0.2, 0.25) is 0 Å². The summed E-state index contributed by atoms with van der Waals surface area (Å²) in [5.74, 6) is -0.193. The summed E-state index contributed by atoms with van der Waals surface area (Å²) in [6.45, 7) is 8.34. The molecule has 8 aliphatic rings. The summed E-state index contributed by atoms with van der Waals surface area (Å²) in [7, 11) is 0. The Morgan fingerprint density at radius 1 is 1.21 bits per heavy atom. The first-order chi connectivity index (χ1) is 13.7. The van der Waals surface area contributed by atoms with E-state index in [2.05, 4.69) is 20.8 Å². The van der Waals surface area contributed by atoms with E-state index in [9.17, 15) is 9.59 Å². The third-order valence-electron chi connectivity index (χ3n) is 9.33. The van der Waals surface area contributed by atoms with Crippen molar-refractivity contribution >= 4 is 11.9 Å². The molecule has 7 heteroatoms. The van der Waals surface area contributed by atoms with E-state index in [1.807, 2.05) is 0 Å². The number of epoxide rings is 2. The minimum absolute atomic E-state index is 0.00662. The molecule has 29 heavy (non-hydrogen) atoms. The number of hydrogen-bond acceptors (Lipinski definition) is 7. The zero-order valence-corrected chi connectivity index (χ0v) is 17.2. The number of esters is 2. The van der Waals surface area contributed by atoms with E-state index >= 15 is 0 Å². The third-order valence-corrected chi connectivity index (χ3v) is 9.33. The second kappa shape index (κ2) is 4.58. The fraction of sp³-hybridized carbons (Fsp3) is 0.818. The monoisotopic (exact) mass is 402 g/mol. The van der Waals surface area contributed by atoms with Crippen molar-refractivity contribution in [2.45, 2.75) is 88.2 Å². The van der Waals surface area contributed by atoms with Gasteiger partial charge in [-0.2, -0.15) is 0 Å². The van der Waals surface area contributed by atoms with Crippen molar-refractivity contribution < 1.29 is 33.3 Å². The molecule has 0 amide bonds. The Morgan fingerprint density at radius 2 is 1.97 bits per heavy atom. The van der Waals surface area contributed by atoms with Crippen molar-refractivity contribution in [2.75, 3.05) is 6.61 Å². The van der Waals surface area contributed by atoms with Gasteiger partial charge in [0.25, 0.3) is 0 Å². The molecule has 0 aromatic carbocycles. The summed E-state index contributed by atoms with van der Waals surface area (Å²) < 4.78 is 31.0. The summed E-state index contributed by atoms with van der Waals surface area (Å²) in [5.41, 5.74) is 0.0129. The van der Waals surface area contributed by atoms with Gasteiger partial charge in [0.15, 0.2) is 6.10 Å². The summed E-state index contributed by atoms with van der Waals surface area (Å²) in [5, 5.41) is 0. The molecule has 5 aliphatic heterocycles. The van der Waals surface area contributed by atoms with Gasteiger partial charge in [-0.25, -0.2) is 4.79 Å². The van der Waals surface area contributed by atoms with E-state index < -0.39 is 22.9 Å². The lowest BCUT2D eigenvalue weighted by Gasteiger charge is -2.70. The highest BCUT2D eigenvalue weighted by molar-refractivity contribution is 5.92. The molecule has 2 bridgehead atoms. The van der Waals surface area contributed by atoms with Gasteiger partial charge in [0.1, 0.15) is 35.6 Å². The number of cyclic esters (lactones) is 1. The molecule has 3 aliphatic carbocycles. The molecule has 156 valence electrons. The maximum atomic E-state index is 12.2. The molecular formula is C22H26O7.